The number of anilines is 3. The lowest BCUT2D eigenvalue weighted by atomic mass is 10.3. The molecule has 0 radical (unpaired) electrons. The summed E-state index contributed by atoms with van der Waals surface area (Å²) < 4.78 is 0. The second-order valence-corrected chi connectivity index (χ2v) is 4.52. The first kappa shape index (κ1) is 16.9. The average Bonchev–Trinajstić information content (AvgIpc) is 2.41. The van der Waals surface area contributed by atoms with E-state index in [9.17, 15) is 4.79 Å². The molecule has 0 spiro atoms. The molecule has 0 aliphatic carbocycles. The minimum absolute atomic E-state index is 0. The lowest BCUT2D eigenvalue weighted by Crippen LogP contribution is -2.20. The number of halogens is 2. The summed E-state index contributed by atoms with van der Waals surface area (Å²) in [6, 6.07) is 3.40. The summed E-state index contributed by atoms with van der Waals surface area (Å²) >= 11 is 5.98. The molecule has 2 aromatic rings. The van der Waals surface area contributed by atoms with E-state index in [2.05, 4.69) is 20.3 Å². The first-order chi connectivity index (χ1) is 9.49. The molecule has 0 bridgehead atoms. The van der Waals surface area contributed by atoms with Crippen molar-refractivity contribution in [3.63, 3.8) is 0 Å². The van der Waals surface area contributed by atoms with Gasteiger partial charge in [0.15, 0.2) is 22.5 Å². The maximum atomic E-state index is 12.1. The molecule has 1 amide bonds. The average molecular weight is 329 g/mol. The Morgan fingerprint density at radius 2 is 2.10 bits per heavy atom. The molecule has 112 valence electrons. The summed E-state index contributed by atoms with van der Waals surface area (Å²) in [6.07, 6.45) is 3.11. The van der Waals surface area contributed by atoms with Crippen LogP contribution in [0, 0.1) is 0 Å². The van der Waals surface area contributed by atoms with Gasteiger partial charge in [0.05, 0.1) is 11.9 Å². The van der Waals surface area contributed by atoms with E-state index in [1.165, 1.54) is 6.20 Å². The maximum absolute atomic E-state index is 12.1. The first-order valence-electron chi connectivity index (χ1n) is 5.70. The van der Waals surface area contributed by atoms with E-state index in [0.29, 0.717) is 11.5 Å². The Kier molecular flexibility index (Phi) is 5.69. The smallest absolute Gasteiger partial charge is 0.278 e. The Hall–Kier alpha value is -2.12. The van der Waals surface area contributed by atoms with Crippen LogP contribution in [-0.4, -0.2) is 35.0 Å². The molecule has 0 atom stereocenters. The van der Waals surface area contributed by atoms with Crippen molar-refractivity contribution in [1.82, 2.24) is 15.0 Å². The second-order valence-electron chi connectivity index (χ2n) is 4.16. The Labute approximate surface area is 133 Å². The molecular formula is C12H14Cl2N6O. The summed E-state index contributed by atoms with van der Waals surface area (Å²) in [6.45, 7) is 0. The SMILES string of the molecule is CN(C)c1nc(N)c(C(=O)Nc2cccnc2)nc1Cl.Cl. The van der Waals surface area contributed by atoms with Crippen molar-refractivity contribution < 1.29 is 4.79 Å². The van der Waals surface area contributed by atoms with Crippen molar-refractivity contribution in [3.05, 3.63) is 35.4 Å². The number of amides is 1. The number of aromatic nitrogens is 3. The number of nitrogens with zero attached hydrogens (tertiary/aromatic N) is 4. The topological polar surface area (TPSA) is 97.0 Å². The minimum atomic E-state index is -0.491. The zero-order chi connectivity index (χ0) is 14.7. The zero-order valence-electron chi connectivity index (χ0n) is 11.4. The van der Waals surface area contributed by atoms with Crippen LogP contribution in [0.1, 0.15) is 10.5 Å². The Morgan fingerprint density at radius 3 is 2.67 bits per heavy atom. The number of nitrogen functional groups attached to an aromatic ring is 1. The molecule has 0 aliphatic heterocycles. The molecule has 21 heavy (non-hydrogen) atoms. The standard InChI is InChI=1S/C12H13ClN6O.ClH/c1-19(2)11-9(13)17-8(10(14)18-11)12(20)16-7-4-3-5-15-6-7;/h3-6H,1-2H3,(H2,14,18)(H,16,20);1H. The van der Waals surface area contributed by atoms with Gasteiger partial charge >= 0.3 is 0 Å². The van der Waals surface area contributed by atoms with Crippen LogP contribution < -0.4 is 16.0 Å². The number of nitrogens with one attached hydrogen (secondary N) is 1. The number of hydrogen-bond acceptors (Lipinski definition) is 6. The summed E-state index contributed by atoms with van der Waals surface area (Å²) in [4.78, 5) is 25.7. The van der Waals surface area contributed by atoms with Crippen LogP contribution in [-0.2, 0) is 0 Å². The second kappa shape index (κ2) is 7.05. The third kappa shape index (κ3) is 3.93. The third-order valence-corrected chi connectivity index (χ3v) is 2.68. The molecule has 0 saturated carbocycles. The highest BCUT2D eigenvalue weighted by molar-refractivity contribution is 6.32. The maximum Gasteiger partial charge on any atom is 0.278 e. The highest BCUT2D eigenvalue weighted by Crippen LogP contribution is 2.23. The molecule has 2 aromatic heterocycles. The molecule has 2 heterocycles. The number of hydrogen-bond donors (Lipinski definition) is 2. The van der Waals surface area contributed by atoms with Crippen LogP contribution >= 0.6 is 24.0 Å². The van der Waals surface area contributed by atoms with Crippen molar-refractivity contribution in [2.45, 2.75) is 0 Å². The van der Waals surface area contributed by atoms with E-state index < -0.39 is 5.91 Å². The fourth-order valence-corrected chi connectivity index (χ4v) is 1.79. The number of carbonyl (C=O) groups is 1. The number of nitrogens with two attached hydrogens (primary N) is 1. The van der Waals surface area contributed by atoms with Gasteiger partial charge in [-0.3, -0.25) is 9.78 Å². The van der Waals surface area contributed by atoms with Gasteiger partial charge in [0.25, 0.3) is 5.91 Å². The molecule has 0 fully saturated rings. The van der Waals surface area contributed by atoms with E-state index in [-0.39, 0.29) is 29.1 Å². The highest BCUT2D eigenvalue weighted by Gasteiger charge is 2.18. The van der Waals surface area contributed by atoms with Crippen LogP contribution in [0.2, 0.25) is 5.15 Å². The Balaban J connectivity index is 0.00000220. The van der Waals surface area contributed by atoms with Gasteiger partial charge < -0.3 is 16.0 Å². The van der Waals surface area contributed by atoms with Gasteiger partial charge in [-0.2, -0.15) is 0 Å². The molecule has 9 heteroatoms. The lowest BCUT2D eigenvalue weighted by molar-refractivity contribution is 0.102. The van der Waals surface area contributed by atoms with Crippen molar-refractivity contribution in [1.29, 1.82) is 0 Å². The van der Waals surface area contributed by atoms with Crippen molar-refractivity contribution in [2.75, 3.05) is 30.0 Å². The van der Waals surface area contributed by atoms with Crippen LogP contribution in [0.4, 0.5) is 17.3 Å². The number of rotatable bonds is 3. The molecule has 2 rings (SSSR count). The lowest BCUT2D eigenvalue weighted by Gasteiger charge is -2.14. The summed E-state index contributed by atoms with van der Waals surface area (Å²) in [5, 5.41) is 2.73. The summed E-state index contributed by atoms with van der Waals surface area (Å²) in [5.74, 6) is -0.0724. The molecule has 0 unspecified atom stereocenters. The summed E-state index contributed by atoms with van der Waals surface area (Å²) in [5.41, 5.74) is 6.26. The Bertz CT molecular complexity index is 635. The van der Waals surface area contributed by atoms with Crippen LogP contribution in [0.25, 0.3) is 0 Å². The van der Waals surface area contributed by atoms with Crippen molar-refractivity contribution >= 4 is 47.2 Å². The van der Waals surface area contributed by atoms with E-state index in [1.54, 1.807) is 37.3 Å². The van der Waals surface area contributed by atoms with Gasteiger partial charge in [-0.1, -0.05) is 11.6 Å². The fourth-order valence-electron chi connectivity index (χ4n) is 1.50. The Morgan fingerprint density at radius 1 is 1.38 bits per heavy atom. The largest absolute Gasteiger partial charge is 0.382 e. The van der Waals surface area contributed by atoms with Gasteiger partial charge in [0.1, 0.15) is 0 Å². The van der Waals surface area contributed by atoms with Gasteiger partial charge in [-0.15, -0.1) is 12.4 Å². The molecule has 0 aromatic carbocycles. The predicted molar refractivity (Wildman–Crippen MR) is 85.2 cm³/mol. The highest BCUT2D eigenvalue weighted by atomic mass is 35.5. The van der Waals surface area contributed by atoms with Gasteiger partial charge in [-0.25, -0.2) is 9.97 Å². The van der Waals surface area contributed by atoms with Crippen LogP contribution in [0.5, 0.6) is 0 Å². The number of carbonyl (C=O) groups excluding carboxylic acids is 1. The predicted octanol–water partition coefficient (Wildman–Crippen LogP) is 1.85. The van der Waals surface area contributed by atoms with Crippen molar-refractivity contribution in [2.24, 2.45) is 0 Å². The monoisotopic (exact) mass is 328 g/mol. The van der Waals surface area contributed by atoms with Crippen LogP contribution in [0.3, 0.4) is 0 Å². The quantitative estimate of drug-likeness (QED) is 0.892. The molecular weight excluding hydrogens is 315 g/mol. The molecule has 3 N–H and O–H groups in total. The molecule has 7 nitrogen and oxygen atoms in total. The van der Waals surface area contributed by atoms with E-state index in [1.807, 2.05) is 0 Å². The number of pyridine rings is 1. The van der Waals surface area contributed by atoms with Gasteiger partial charge in [0, 0.05) is 20.3 Å². The third-order valence-electron chi connectivity index (χ3n) is 2.42. The van der Waals surface area contributed by atoms with Crippen molar-refractivity contribution in [3.8, 4) is 0 Å². The summed E-state index contributed by atoms with van der Waals surface area (Å²) in [7, 11) is 3.51. The van der Waals surface area contributed by atoms with Gasteiger partial charge in [0.2, 0.25) is 0 Å². The van der Waals surface area contributed by atoms with E-state index in [0.717, 1.165) is 0 Å². The molecule has 0 aliphatic rings. The fraction of sp³-hybridized carbons (Fsp3) is 0.167. The van der Waals surface area contributed by atoms with Gasteiger partial charge in [-0.05, 0) is 12.1 Å². The van der Waals surface area contributed by atoms with Crippen LogP contribution in [0.15, 0.2) is 24.5 Å². The van der Waals surface area contributed by atoms with E-state index in [4.69, 9.17) is 17.3 Å². The van der Waals surface area contributed by atoms with E-state index >= 15 is 0 Å². The first-order valence-corrected chi connectivity index (χ1v) is 6.08. The normalized spacial score (nSPS) is 9.67. The minimum Gasteiger partial charge on any atom is -0.382 e. The zero-order valence-corrected chi connectivity index (χ0v) is 12.9. The molecule has 0 saturated heterocycles.